The second-order valence-corrected chi connectivity index (χ2v) is 12.3. The van der Waals surface area contributed by atoms with Crippen molar-refractivity contribution in [2.24, 2.45) is 5.92 Å². The van der Waals surface area contributed by atoms with Crippen LogP contribution in [0.25, 0.3) is 5.69 Å². The molecule has 1 fully saturated rings. The van der Waals surface area contributed by atoms with E-state index in [0.717, 1.165) is 54.0 Å². The largest absolute Gasteiger partial charge is 0.324 e. The highest BCUT2D eigenvalue weighted by Gasteiger charge is 2.32. The van der Waals surface area contributed by atoms with Crippen LogP contribution in [0.15, 0.2) is 71.4 Å². The Morgan fingerprint density at radius 3 is 2.33 bits per heavy atom. The summed E-state index contributed by atoms with van der Waals surface area (Å²) in [5.74, 6) is 0.856. The average Bonchev–Trinajstić information content (AvgIpc) is 3.62. The summed E-state index contributed by atoms with van der Waals surface area (Å²) in [7, 11) is 0. The number of Topliss-reactive ketones (excluding diaryl/α,β-unsaturated/α-hetero) is 1. The van der Waals surface area contributed by atoms with E-state index in [4.69, 9.17) is 5.10 Å². The monoisotopic (exact) mass is 555 g/mol. The third-order valence-corrected chi connectivity index (χ3v) is 8.15. The predicted molar refractivity (Wildman–Crippen MR) is 163 cm³/mol. The Morgan fingerprint density at radius 1 is 1.00 bits per heavy atom. The summed E-state index contributed by atoms with van der Waals surface area (Å²) in [4.78, 5) is 26.6. The number of amides is 2. The minimum Gasteiger partial charge on any atom is -0.317 e. The Hall–Kier alpha value is -3.75. The van der Waals surface area contributed by atoms with E-state index in [9.17, 15) is 9.59 Å². The van der Waals surface area contributed by atoms with Gasteiger partial charge in [-0.05, 0) is 80.0 Å². The van der Waals surface area contributed by atoms with Crippen molar-refractivity contribution in [2.75, 3.05) is 23.7 Å². The Morgan fingerprint density at radius 2 is 1.70 bits per heavy atom. The molecular formula is C32H37N5O2S. The van der Waals surface area contributed by atoms with E-state index >= 15 is 0 Å². The van der Waals surface area contributed by atoms with Gasteiger partial charge in [0.05, 0.1) is 17.3 Å². The molecule has 4 aromatic rings. The lowest BCUT2D eigenvalue weighted by Crippen LogP contribution is -2.33. The molecule has 0 radical (unpaired) electrons. The normalized spacial score (nSPS) is 15.0. The number of nitrogens with zero attached hydrogens (tertiary/aromatic N) is 2. The molecule has 7 nitrogen and oxygen atoms in total. The van der Waals surface area contributed by atoms with E-state index in [1.54, 1.807) is 16.0 Å². The van der Waals surface area contributed by atoms with E-state index in [1.807, 2.05) is 78.3 Å². The van der Waals surface area contributed by atoms with Crippen molar-refractivity contribution >= 4 is 34.7 Å². The smallest absolute Gasteiger partial charge is 0.317 e. The molecule has 0 aliphatic carbocycles. The Labute approximate surface area is 240 Å². The van der Waals surface area contributed by atoms with Gasteiger partial charge in [-0.15, -0.1) is 0 Å². The Bertz CT molecular complexity index is 1440. The number of benzene rings is 2. The van der Waals surface area contributed by atoms with Crippen LogP contribution in [0.3, 0.4) is 0 Å². The minimum absolute atomic E-state index is 0.172. The number of piperidine rings is 1. The lowest BCUT2D eigenvalue weighted by atomic mass is 9.76. The zero-order valence-electron chi connectivity index (χ0n) is 23.5. The van der Waals surface area contributed by atoms with Crippen molar-refractivity contribution in [1.82, 2.24) is 15.1 Å². The molecule has 3 heterocycles. The van der Waals surface area contributed by atoms with Crippen LogP contribution in [0.5, 0.6) is 0 Å². The zero-order valence-corrected chi connectivity index (χ0v) is 24.3. The van der Waals surface area contributed by atoms with Crippen LogP contribution in [0.1, 0.15) is 66.7 Å². The van der Waals surface area contributed by atoms with Crippen molar-refractivity contribution in [3.63, 3.8) is 0 Å². The van der Waals surface area contributed by atoms with Crippen LogP contribution in [-0.4, -0.2) is 34.7 Å². The fourth-order valence-corrected chi connectivity index (χ4v) is 5.82. The topological polar surface area (TPSA) is 88.1 Å². The van der Waals surface area contributed by atoms with Gasteiger partial charge in [0.15, 0.2) is 5.78 Å². The van der Waals surface area contributed by atoms with Crippen molar-refractivity contribution in [2.45, 2.75) is 51.9 Å². The molecule has 40 heavy (non-hydrogen) atoms. The minimum atomic E-state index is -0.356. The molecule has 2 amide bonds. The van der Waals surface area contributed by atoms with Crippen molar-refractivity contribution in [3.05, 3.63) is 93.8 Å². The fraction of sp³-hybridized carbons (Fsp3) is 0.344. The summed E-state index contributed by atoms with van der Waals surface area (Å²) in [6.45, 7) is 10.2. The molecule has 1 aliphatic rings. The molecule has 2 aromatic heterocycles. The van der Waals surface area contributed by atoms with Gasteiger partial charge in [-0.25, -0.2) is 9.48 Å². The number of nitrogens with one attached hydrogen (secondary N) is 3. The highest BCUT2D eigenvalue weighted by Crippen LogP contribution is 2.35. The van der Waals surface area contributed by atoms with Crippen LogP contribution in [0, 0.1) is 12.8 Å². The van der Waals surface area contributed by atoms with Crippen molar-refractivity contribution in [3.8, 4) is 5.69 Å². The second-order valence-electron chi connectivity index (χ2n) is 11.6. The third kappa shape index (κ3) is 6.35. The number of ketones is 1. The number of thiophene rings is 1. The summed E-state index contributed by atoms with van der Waals surface area (Å²) in [5.41, 5.74) is 5.15. The quantitative estimate of drug-likeness (QED) is 0.211. The number of anilines is 2. The molecule has 208 valence electrons. The lowest BCUT2D eigenvalue weighted by Gasteiger charge is -2.30. The van der Waals surface area contributed by atoms with Crippen LogP contribution < -0.4 is 16.0 Å². The van der Waals surface area contributed by atoms with Crippen molar-refractivity contribution < 1.29 is 9.59 Å². The first kappa shape index (κ1) is 27.8. The molecule has 1 aliphatic heterocycles. The molecule has 5 rings (SSSR count). The summed E-state index contributed by atoms with van der Waals surface area (Å²) in [6.07, 6.45) is 1.93. The maximum atomic E-state index is 13.5. The van der Waals surface area contributed by atoms with Gasteiger partial charge >= 0.3 is 6.03 Å². The average molecular weight is 556 g/mol. The van der Waals surface area contributed by atoms with Crippen LogP contribution >= 0.6 is 11.3 Å². The van der Waals surface area contributed by atoms with E-state index in [2.05, 4.69) is 36.7 Å². The molecule has 3 N–H and O–H groups in total. The molecule has 0 bridgehead atoms. The maximum Gasteiger partial charge on any atom is 0.324 e. The molecular weight excluding hydrogens is 518 g/mol. The molecule has 0 saturated carbocycles. The molecule has 8 heteroatoms. The number of aryl methyl sites for hydroxylation is 1. The number of hydrogen-bond acceptors (Lipinski definition) is 5. The van der Waals surface area contributed by atoms with Crippen LogP contribution in [0.2, 0.25) is 0 Å². The summed E-state index contributed by atoms with van der Waals surface area (Å²) >= 11 is 1.55. The number of hydrogen-bond donors (Lipinski definition) is 3. The van der Waals surface area contributed by atoms with E-state index in [-0.39, 0.29) is 29.1 Å². The third-order valence-electron chi connectivity index (χ3n) is 7.47. The summed E-state index contributed by atoms with van der Waals surface area (Å²) in [6, 6.07) is 19.2. The number of aromatic nitrogens is 2. The molecule has 1 saturated heterocycles. The number of urea groups is 1. The Balaban J connectivity index is 1.34. The standard InChI is InChI=1S/C32H37N5O2S/c1-21-5-11-26(12-6-21)37-28(19-27(36-37)32(2,3)4)35-31(39)34-25-9-7-22(8-10-25)29(23-13-16-33-17-14-23)30(38)24-15-18-40-20-24/h5-12,15,18-20,23,29,33H,13-14,16-17H2,1-4H3,(H2,34,35,39). The first-order valence-corrected chi connectivity index (χ1v) is 14.8. The predicted octanol–water partition coefficient (Wildman–Crippen LogP) is 7.15. The lowest BCUT2D eigenvalue weighted by molar-refractivity contribution is 0.0916. The van der Waals surface area contributed by atoms with Gasteiger partial charge in [-0.2, -0.15) is 16.4 Å². The summed E-state index contributed by atoms with van der Waals surface area (Å²) in [5, 5.41) is 18.0. The molecule has 1 unspecified atom stereocenters. The summed E-state index contributed by atoms with van der Waals surface area (Å²) < 4.78 is 1.77. The highest BCUT2D eigenvalue weighted by molar-refractivity contribution is 7.08. The SMILES string of the molecule is Cc1ccc(-n2nc(C(C)(C)C)cc2NC(=O)Nc2ccc(C(C(=O)c3ccsc3)C3CCNCC3)cc2)cc1. The second kappa shape index (κ2) is 11.8. The molecule has 1 atom stereocenters. The van der Waals surface area contributed by atoms with Crippen LogP contribution in [0.4, 0.5) is 16.3 Å². The molecule has 0 spiro atoms. The van der Waals surface area contributed by atoms with E-state index < -0.39 is 0 Å². The van der Waals surface area contributed by atoms with E-state index in [1.165, 1.54) is 0 Å². The van der Waals surface area contributed by atoms with Gasteiger partial charge in [-0.1, -0.05) is 50.6 Å². The number of carbonyl (C=O) groups excluding carboxylic acids is 2. The van der Waals surface area contributed by atoms with Gasteiger partial charge in [0.25, 0.3) is 0 Å². The first-order chi connectivity index (χ1) is 19.2. The Kier molecular flexibility index (Phi) is 8.19. The van der Waals surface area contributed by atoms with Gasteiger partial charge < -0.3 is 10.6 Å². The van der Waals surface area contributed by atoms with Crippen molar-refractivity contribution in [1.29, 1.82) is 0 Å². The van der Waals surface area contributed by atoms with Gasteiger partial charge in [0.1, 0.15) is 5.82 Å². The maximum absolute atomic E-state index is 13.5. The zero-order chi connectivity index (χ0) is 28.3. The fourth-order valence-electron chi connectivity index (χ4n) is 5.17. The van der Waals surface area contributed by atoms with Gasteiger partial charge in [0.2, 0.25) is 0 Å². The first-order valence-electron chi connectivity index (χ1n) is 13.8. The molecule has 2 aromatic carbocycles. The van der Waals surface area contributed by atoms with Gasteiger partial charge in [-0.3, -0.25) is 10.1 Å². The van der Waals surface area contributed by atoms with Crippen LogP contribution in [-0.2, 0) is 5.41 Å². The number of carbonyl (C=O) groups is 2. The highest BCUT2D eigenvalue weighted by atomic mass is 32.1. The number of rotatable bonds is 7. The van der Waals surface area contributed by atoms with Gasteiger partial charge in [0, 0.05) is 28.1 Å². The van der Waals surface area contributed by atoms with E-state index in [0.29, 0.717) is 11.5 Å².